The minimum absolute atomic E-state index is 0.197. The second-order valence-corrected chi connectivity index (χ2v) is 8.26. The van der Waals surface area contributed by atoms with Crippen LogP contribution >= 0.6 is 11.3 Å². The van der Waals surface area contributed by atoms with E-state index in [9.17, 15) is 4.79 Å². The number of nitrogens with zero attached hydrogens (tertiary/aromatic N) is 2. The van der Waals surface area contributed by atoms with Crippen LogP contribution in [0.15, 0.2) is 23.2 Å². The van der Waals surface area contributed by atoms with Crippen LogP contribution in [0.25, 0.3) is 0 Å². The van der Waals surface area contributed by atoms with E-state index in [1.165, 1.54) is 18.4 Å². The summed E-state index contributed by atoms with van der Waals surface area (Å²) in [5.41, 5.74) is 1.66. The van der Waals surface area contributed by atoms with Crippen molar-refractivity contribution in [1.82, 2.24) is 20.5 Å². The van der Waals surface area contributed by atoms with Crippen LogP contribution in [-0.4, -0.2) is 48.0 Å². The molecule has 0 bridgehead atoms. The number of rotatable bonds is 4. The highest BCUT2D eigenvalue weighted by molar-refractivity contribution is 7.09. The molecule has 130 valence electrons. The van der Waals surface area contributed by atoms with Crippen LogP contribution in [-0.2, 0) is 11.3 Å². The third-order valence-corrected chi connectivity index (χ3v) is 6.53. The zero-order valence-corrected chi connectivity index (χ0v) is 14.9. The Balaban J connectivity index is 1.51. The van der Waals surface area contributed by atoms with E-state index in [-0.39, 0.29) is 5.91 Å². The van der Waals surface area contributed by atoms with Gasteiger partial charge >= 0.3 is 0 Å². The lowest BCUT2D eigenvalue weighted by Gasteiger charge is -2.29. The van der Waals surface area contributed by atoms with E-state index in [0.29, 0.717) is 18.0 Å². The molecule has 1 atom stereocenters. The molecule has 1 aliphatic carbocycles. The van der Waals surface area contributed by atoms with Crippen molar-refractivity contribution in [3.05, 3.63) is 28.2 Å². The van der Waals surface area contributed by atoms with Gasteiger partial charge in [-0.2, -0.15) is 0 Å². The van der Waals surface area contributed by atoms with E-state index >= 15 is 0 Å². The van der Waals surface area contributed by atoms with Gasteiger partial charge in [0.2, 0.25) is 5.91 Å². The minimum Gasteiger partial charge on any atom is -0.329 e. The first kappa shape index (κ1) is 16.2. The van der Waals surface area contributed by atoms with Gasteiger partial charge in [-0.3, -0.25) is 4.79 Å². The third kappa shape index (κ3) is 3.41. The van der Waals surface area contributed by atoms with Crippen molar-refractivity contribution in [3.63, 3.8) is 0 Å². The minimum atomic E-state index is 0.197. The predicted molar refractivity (Wildman–Crippen MR) is 95.8 cm³/mol. The van der Waals surface area contributed by atoms with Crippen LogP contribution < -0.4 is 10.6 Å². The molecule has 4 rings (SSSR count). The summed E-state index contributed by atoms with van der Waals surface area (Å²) in [7, 11) is 0. The second kappa shape index (κ2) is 6.94. The van der Waals surface area contributed by atoms with E-state index < -0.39 is 0 Å². The number of piperidine rings is 2. The first-order valence-corrected chi connectivity index (χ1v) is 9.95. The number of carbonyl (C=O) groups is 1. The van der Waals surface area contributed by atoms with E-state index in [0.717, 1.165) is 50.4 Å². The number of carbonyl (C=O) groups excluding carboxylic acids is 1. The molecule has 0 aromatic carbocycles. The fourth-order valence-corrected chi connectivity index (χ4v) is 4.81. The second-order valence-electron chi connectivity index (χ2n) is 7.28. The zero-order chi connectivity index (χ0) is 16.4. The van der Waals surface area contributed by atoms with Crippen LogP contribution in [0, 0.1) is 5.41 Å². The molecule has 6 heteroatoms. The average molecular weight is 347 g/mol. The SMILES string of the molecule is O=C(C=C1CCNCC1)N(Cc1nccs1)C1CC12CCNCC2. The van der Waals surface area contributed by atoms with Gasteiger partial charge in [0.15, 0.2) is 0 Å². The molecule has 5 nitrogen and oxygen atoms in total. The standard InChI is InChI=1S/C18H26N4OS/c23-17(11-14-1-5-19-6-2-14)22(13-16-21-9-10-24-16)15-12-18(15)3-7-20-8-4-18/h9-11,15,19-20H,1-8,12-13H2. The summed E-state index contributed by atoms with van der Waals surface area (Å²) in [5, 5.41) is 9.84. The number of nitrogens with one attached hydrogen (secondary N) is 2. The first-order valence-electron chi connectivity index (χ1n) is 9.07. The van der Waals surface area contributed by atoms with Crippen LogP contribution in [0.2, 0.25) is 0 Å². The maximum Gasteiger partial charge on any atom is 0.247 e. The number of hydrogen-bond donors (Lipinski definition) is 2. The maximum absolute atomic E-state index is 13.0. The number of amides is 1. The molecule has 2 N–H and O–H groups in total. The quantitative estimate of drug-likeness (QED) is 0.818. The monoisotopic (exact) mass is 346 g/mol. The lowest BCUT2D eigenvalue weighted by atomic mass is 9.93. The zero-order valence-electron chi connectivity index (χ0n) is 14.1. The van der Waals surface area contributed by atoms with Crippen molar-refractivity contribution in [2.24, 2.45) is 5.41 Å². The van der Waals surface area contributed by atoms with Gasteiger partial charge in [-0.15, -0.1) is 11.3 Å². The Labute approximate surface area is 147 Å². The first-order chi connectivity index (χ1) is 11.8. The Bertz CT molecular complexity index is 599. The molecule has 1 saturated carbocycles. The summed E-state index contributed by atoms with van der Waals surface area (Å²) >= 11 is 1.65. The summed E-state index contributed by atoms with van der Waals surface area (Å²) in [5.74, 6) is 0.197. The van der Waals surface area contributed by atoms with Gasteiger partial charge in [-0.05, 0) is 63.7 Å². The molecule has 3 fully saturated rings. The Morgan fingerprint density at radius 1 is 1.29 bits per heavy atom. The summed E-state index contributed by atoms with van der Waals surface area (Å²) in [4.78, 5) is 19.6. The fraction of sp³-hybridized carbons (Fsp3) is 0.667. The summed E-state index contributed by atoms with van der Waals surface area (Å²) in [6, 6.07) is 0.398. The van der Waals surface area contributed by atoms with Crippen molar-refractivity contribution >= 4 is 17.2 Å². The lowest BCUT2D eigenvalue weighted by Crippen LogP contribution is -2.38. The largest absolute Gasteiger partial charge is 0.329 e. The van der Waals surface area contributed by atoms with Crippen molar-refractivity contribution in [1.29, 1.82) is 0 Å². The van der Waals surface area contributed by atoms with E-state index in [4.69, 9.17) is 0 Å². The predicted octanol–water partition coefficient (Wildman–Crippen LogP) is 1.92. The maximum atomic E-state index is 13.0. The normalized spacial score (nSPS) is 25.5. The fourth-order valence-electron chi connectivity index (χ4n) is 4.20. The van der Waals surface area contributed by atoms with Gasteiger partial charge < -0.3 is 15.5 Å². The molecule has 24 heavy (non-hydrogen) atoms. The van der Waals surface area contributed by atoms with Crippen LogP contribution in [0.4, 0.5) is 0 Å². The Morgan fingerprint density at radius 3 is 2.75 bits per heavy atom. The number of hydrogen-bond acceptors (Lipinski definition) is 5. The van der Waals surface area contributed by atoms with E-state index in [1.54, 1.807) is 11.3 Å². The highest BCUT2D eigenvalue weighted by atomic mass is 32.1. The van der Waals surface area contributed by atoms with Gasteiger partial charge in [0.05, 0.1) is 6.54 Å². The smallest absolute Gasteiger partial charge is 0.247 e. The van der Waals surface area contributed by atoms with E-state index in [2.05, 4.69) is 20.5 Å². The van der Waals surface area contributed by atoms with E-state index in [1.807, 2.05) is 17.7 Å². The molecule has 1 aromatic rings. The van der Waals surface area contributed by atoms with Crippen LogP contribution in [0.1, 0.15) is 37.1 Å². The van der Waals surface area contributed by atoms with Crippen molar-refractivity contribution in [2.75, 3.05) is 26.2 Å². The number of thiazole rings is 1. The van der Waals surface area contributed by atoms with Gasteiger partial charge in [-0.1, -0.05) is 5.57 Å². The van der Waals surface area contributed by atoms with Crippen LogP contribution in [0.5, 0.6) is 0 Å². The summed E-state index contributed by atoms with van der Waals surface area (Å²) in [6.07, 6.45) is 9.30. The van der Waals surface area contributed by atoms with Gasteiger partial charge in [-0.25, -0.2) is 4.98 Å². The van der Waals surface area contributed by atoms with Crippen molar-refractivity contribution in [3.8, 4) is 0 Å². The molecular formula is C18H26N4OS. The van der Waals surface area contributed by atoms with Crippen LogP contribution in [0.3, 0.4) is 0 Å². The molecule has 3 heterocycles. The molecule has 2 aliphatic heterocycles. The average Bonchev–Trinajstić information content (AvgIpc) is 3.05. The van der Waals surface area contributed by atoms with Gasteiger partial charge in [0.1, 0.15) is 5.01 Å². The molecule has 1 amide bonds. The Morgan fingerprint density at radius 2 is 2.04 bits per heavy atom. The summed E-state index contributed by atoms with van der Waals surface area (Å²) < 4.78 is 0. The highest BCUT2D eigenvalue weighted by Crippen LogP contribution is 2.56. The lowest BCUT2D eigenvalue weighted by molar-refractivity contribution is -0.128. The van der Waals surface area contributed by atoms with Gasteiger partial charge in [0, 0.05) is 23.7 Å². The molecule has 3 aliphatic rings. The highest BCUT2D eigenvalue weighted by Gasteiger charge is 2.57. The van der Waals surface area contributed by atoms with Crippen molar-refractivity contribution in [2.45, 2.75) is 44.7 Å². The Hall–Kier alpha value is -1.24. The Kier molecular flexibility index (Phi) is 4.70. The molecule has 2 saturated heterocycles. The third-order valence-electron chi connectivity index (χ3n) is 5.77. The molecule has 0 radical (unpaired) electrons. The molecule has 1 spiro atoms. The topological polar surface area (TPSA) is 57.3 Å². The molecule has 1 aromatic heterocycles. The number of aromatic nitrogens is 1. The van der Waals surface area contributed by atoms with Gasteiger partial charge in [0.25, 0.3) is 0 Å². The summed E-state index contributed by atoms with van der Waals surface area (Å²) in [6.45, 7) is 4.82. The molecule has 1 unspecified atom stereocenters. The van der Waals surface area contributed by atoms with Crippen molar-refractivity contribution < 1.29 is 4.79 Å². The molecular weight excluding hydrogens is 320 g/mol.